The molecule has 5 aromatic rings. The van der Waals surface area contributed by atoms with Crippen molar-refractivity contribution in [1.82, 2.24) is 23.5 Å². The number of hydrogen-bond donors (Lipinski definition) is 1. The van der Waals surface area contributed by atoms with Gasteiger partial charge in [0.15, 0.2) is 11.2 Å². The van der Waals surface area contributed by atoms with Crippen LogP contribution in [0.25, 0.3) is 33.9 Å². The predicted octanol–water partition coefficient (Wildman–Crippen LogP) is 3.29. The average Bonchev–Trinajstić information content (AvgIpc) is 3.25. The molecule has 0 spiro atoms. The Hall–Kier alpha value is -3.58. The lowest BCUT2D eigenvalue weighted by molar-refractivity contribution is 0.831. The monoisotopic (exact) mass is 405 g/mol. The van der Waals surface area contributed by atoms with Gasteiger partial charge >= 0.3 is 5.69 Å². The fraction of sp³-hybridized carbons (Fsp3) is 0.0952. The summed E-state index contributed by atoms with van der Waals surface area (Å²) in [5.74, 6) is 0.524. The molecule has 8 heteroatoms. The van der Waals surface area contributed by atoms with E-state index in [1.165, 1.54) is 4.57 Å². The Morgan fingerprint density at radius 3 is 2.59 bits per heavy atom. The molecule has 29 heavy (non-hydrogen) atoms. The standard InChI is InChI=1S/C21H16ClN5O2/c1-12-8-9-14(22)10-15(12)27-16(13-6-4-3-5-7-13)11-26-17-18(23-20(26)27)25(2)21(29)24-19(17)28/h3-11H,1-2H3,(H,24,28,29). The number of aromatic nitrogens is 5. The minimum atomic E-state index is -0.503. The van der Waals surface area contributed by atoms with Crippen molar-refractivity contribution >= 4 is 28.5 Å². The van der Waals surface area contributed by atoms with Crippen LogP contribution < -0.4 is 11.2 Å². The van der Waals surface area contributed by atoms with Crippen molar-refractivity contribution in [2.24, 2.45) is 7.05 Å². The first kappa shape index (κ1) is 17.5. The summed E-state index contributed by atoms with van der Waals surface area (Å²) in [6, 6.07) is 15.5. The average molecular weight is 406 g/mol. The van der Waals surface area contributed by atoms with Crippen molar-refractivity contribution in [3.05, 3.63) is 86.2 Å². The van der Waals surface area contributed by atoms with Gasteiger partial charge in [-0.1, -0.05) is 48.0 Å². The molecule has 0 aliphatic carbocycles. The van der Waals surface area contributed by atoms with Crippen molar-refractivity contribution < 1.29 is 0 Å². The molecule has 5 rings (SSSR count). The molecule has 1 N–H and O–H groups in total. The maximum Gasteiger partial charge on any atom is 0.329 e. The first-order chi connectivity index (χ1) is 14.0. The highest BCUT2D eigenvalue weighted by Gasteiger charge is 2.21. The number of H-pyrrole nitrogens is 1. The van der Waals surface area contributed by atoms with E-state index in [1.807, 2.05) is 66.2 Å². The van der Waals surface area contributed by atoms with E-state index in [0.29, 0.717) is 22.0 Å². The predicted molar refractivity (Wildman–Crippen MR) is 113 cm³/mol. The Morgan fingerprint density at radius 1 is 1.07 bits per heavy atom. The van der Waals surface area contributed by atoms with E-state index in [1.54, 1.807) is 11.4 Å². The van der Waals surface area contributed by atoms with Gasteiger partial charge in [-0.25, -0.2) is 4.79 Å². The molecule has 7 nitrogen and oxygen atoms in total. The highest BCUT2D eigenvalue weighted by atomic mass is 35.5. The third-order valence-corrected chi connectivity index (χ3v) is 5.34. The van der Waals surface area contributed by atoms with E-state index >= 15 is 0 Å². The number of nitrogens with one attached hydrogen (secondary N) is 1. The number of hydrogen-bond acceptors (Lipinski definition) is 3. The minimum absolute atomic E-state index is 0.317. The van der Waals surface area contributed by atoms with Crippen LogP contribution in [0, 0.1) is 6.92 Å². The summed E-state index contributed by atoms with van der Waals surface area (Å²) in [6.07, 6.45) is 1.86. The maximum absolute atomic E-state index is 12.6. The van der Waals surface area contributed by atoms with Crippen LogP contribution in [-0.2, 0) is 7.05 Å². The molecule has 0 fully saturated rings. The highest BCUT2D eigenvalue weighted by Crippen LogP contribution is 2.31. The Morgan fingerprint density at radius 2 is 1.83 bits per heavy atom. The Balaban J connectivity index is 2.00. The Bertz CT molecular complexity index is 1520. The smallest absolute Gasteiger partial charge is 0.279 e. The molecule has 0 bridgehead atoms. The molecule has 0 saturated heterocycles. The molecule has 0 radical (unpaired) electrons. The third-order valence-electron chi connectivity index (χ3n) is 5.11. The summed E-state index contributed by atoms with van der Waals surface area (Å²) in [7, 11) is 1.58. The van der Waals surface area contributed by atoms with Crippen LogP contribution in [0.2, 0.25) is 5.02 Å². The van der Waals surface area contributed by atoms with Gasteiger partial charge in [0.25, 0.3) is 5.56 Å². The first-order valence-corrected chi connectivity index (χ1v) is 9.38. The van der Waals surface area contributed by atoms with Crippen molar-refractivity contribution in [3.8, 4) is 16.9 Å². The van der Waals surface area contributed by atoms with Gasteiger partial charge in [-0.15, -0.1) is 0 Å². The quantitative estimate of drug-likeness (QED) is 0.489. The number of aryl methyl sites for hydroxylation is 2. The summed E-state index contributed by atoms with van der Waals surface area (Å²) >= 11 is 6.29. The van der Waals surface area contributed by atoms with Crippen molar-refractivity contribution in [2.45, 2.75) is 6.92 Å². The molecule has 3 aromatic heterocycles. The van der Waals surface area contributed by atoms with Gasteiger partial charge in [0.05, 0.1) is 11.4 Å². The van der Waals surface area contributed by atoms with Crippen LogP contribution in [0.15, 0.2) is 64.3 Å². The first-order valence-electron chi connectivity index (χ1n) is 9.00. The van der Waals surface area contributed by atoms with E-state index in [0.717, 1.165) is 22.5 Å². The summed E-state index contributed by atoms with van der Waals surface area (Å²) in [5, 5.41) is 0.595. The zero-order chi connectivity index (χ0) is 20.3. The Kier molecular flexibility index (Phi) is 3.75. The van der Waals surface area contributed by atoms with Crippen molar-refractivity contribution in [2.75, 3.05) is 0 Å². The van der Waals surface area contributed by atoms with E-state index in [2.05, 4.69) is 9.97 Å². The summed E-state index contributed by atoms with van der Waals surface area (Å²) in [5.41, 5.74) is 3.33. The fourth-order valence-corrected chi connectivity index (χ4v) is 3.80. The van der Waals surface area contributed by atoms with Crippen LogP contribution in [0.4, 0.5) is 0 Å². The van der Waals surface area contributed by atoms with E-state index in [-0.39, 0.29) is 0 Å². The van der Waals surface area contributed by atoms with Gasteiger partial charge in [0, 0.05) is 23.8 Å². The minimum Gasteiger partial charge on any atom is -0.279 e. The molecule has 0 atom stereocenters. The third kappa shape index (κ3) is 2.55. The van der Waals surface area contributed by atoms with Crippen LogP contribution in [0.5, 0.6) is 0 Å². The molecule has 0 aliphatic rings. The number of aromatic amines is 1. The number of halogens is 1. The zero-order valence-corrected chi connectivity index (χ0v) is 16.4. The molecule has 2 aromatic carbocycles. The summed E-state index contributed by atoms with van der Waals surface area (Å²) < 4.78 is 5.01. The van der Waals surface area contributed by atoms with Crippen LogP contribution >= 0.6 is 11.6 Å². The topological polar surface area (TPSA) is 77.1 Å². The number of nitrogens with zero attached hydrogens (tertiary/aromatic N) is 4. The second-order valence-corrected chi connectivity index (χ2v) is 7.36. The fourth-order valence-electron chi connectivity index (χ4n) is 3.63. The second kappa shape index (κ2) is 6.22. The van der Waals surface area contributed by atoms with E-state index in [9.17, 15) is 9.59 Å². The largest absolute Gasteiger partial charge is 0.329 e. The van der Waals surface area contributed by atoms with Crippen LogP contribution in [0.1, 0.15) is 5.56 Å². The number of benzene rings is 2. The molecule has 0 aliphatic heterocycles. The molecule has 3 heterocycles. The molecule has 0 amide bonds. The number of fused-ring (bicyclic) bond motifs is 3. The number of imidazole rings is 2. The van der Waals surface area contributed by atoms with Gasteiger partial charge < -0.3 is 0 Å². The summed E-state index contributed by atoms with van der Waals surface area (Å²) in [4.78, 5) is 31.6. The van der Waals surface area contributed by atoms with Crippen molar-refractivity contribution in [1.29, 1.82) is 0 Å². The molecule has 0 unspecified atom stereocenters. The lowest BCUT2D eigenvalue weighted by atomic mass is 10.1. The van der Waals surface area contributed by atoms with Crippen LogP contribution in [0.3, 0.4) is 0 Å². The van der Waals surface area contributed by atoms with Crippen LogP contribution in [-0.4, -0.2) is 23.5 Å². The molecule has 144 valence electrons. The molecular formula is C21H16ClN5O2. The molecular weight excluding hydrogens is 390 g/mol. The van der Waals surface area contributed by atoms with Gasteiger partial charge in [-0.2, -0.15) is 4.98 Å². The maximum atomic E-state index is 12.6. The van der Waals surface area contributed by atoms with E-state index < -0.39 is 11.2 Å². The Labute approximate surface area is 169 Å². The van der Waals surface area contributed by atoms with Gasteiger partial charge in [0.1, 0.15) is 0 Å². The lowest BCUT2D eigenvalue weighted by Crippen LogP contribution is -2.28. The van der Waals surface area contributed by atoms with Gasteiger partial charge in [-0.05, 0) is 24.6 Å². The normalized spacial score (nSPS) is 11.6. The van der Waals surface area contributed by atoms with E-state index in [4.69, 9.17) is 11.6 Å². The highest BCUT2D eigenvalue weighted by molar-refractivity contribution is 6.30. The zero-order valence-electron chi connectivity index (χ0n) is 15.7. The summed E-state index contributed by atoms with van der Waals surface area (Å²) in [6.45, 7) is 1.99. The van der Waals surface area contributed by atoms with Gasteiger partial charge in [0.2, 0.25) is 5.78 Å². The number of rotatable bonds is 2. The lowest BCUT2D eigenvalue weighted by Gasteiger charge is -2.12. The SMILES string of the molecule is Cc1ccc(Cl)cc1-n1c(-c2ccccc2)cn2c3c(=O)[nH]c(=O)n(C)c3nc12. The molecule has 0 saturated carbocycles. The second-order valence-electron chi connectivity index (χ2n) is 6.92. The van der Waals surface area contributed by atoms with Crippen molar-refractivity contribution in [3.63, 3.8) is 0 Å². The van der Waals surface area contributed by atoms with Gasteiger partial charge in [-0.3, -0.25) is 23.3 Å².